The number of carbonyl (C=O) groups excluding carboxylic acids is 3. The number of aliphatic hydroxyl groups excluding tert-OH is 1. The minimum Gasteiger partial charge on any atom is -0.465 e. The van der Waals surface area contributed by atoms with Crippen LogP contribution in [0.15, 0.2) is 24.3 Å². The number of esters is 1. The zero-order valence-corrected chi connectivity index (χ0v) is 19.1. The number of amides is 2. The van der Waals surface area contributed by atoms with E-state index in [0.717, 1.165) is 12.8 Å². The molecule has 2 fully saturated rings. The smallest absolute Gasteiger partial charge is 0.312 e. The molecule has 1 unspecified atom stereocenters. The molecule has 32 heavy (non-hydrogen) atoms. The van der Waals surface area contributed by atoms with Crippen molar-refractivity contribution in [2.24, 2.45) is 17.8 Å². The van der Waals surface area contributed by atoms with Gasteiger partial charge in [0.25, 0.3) is 0 Å². The van der Waals surface area contributed by atoms with E-state index in [-0.39, 0.29) is 30.9 Å². The normalized spacial score (nSPS) is 35.2. The predicted octanol–water partition coefficient (Wildman–Crippen LogP) is 1.29. The van der Waals surface area contributed by atoms with Crippen LogP contribution < -0.4 is 0 Å². The topological polar surface area (TPSA) is 96.4 Å². The summed E-state index contributed by atoms with van der Waals surface area (Å²) >= 11 is 0. The molecule has 8 nitrogen and oxygen atoms in total. The molecule has 4 rings (SSSR count). The summed E-state index contributed by atoms with van der Waals surface area (Å²) in [6.07, 6.45) is 9.19. The lowest BCUT2D eigenvalue weighted by Gasteiger charge is -2.39. The molecule has 1 spiro atoms. The van der Waals surface area contributed by atoms with Crippen LogP contribution >= 0.6 is 0 Å². The number of hydrogen-bond donors (Lipinski definition) is 1. The van der Waals surface area contributed by atoms with Gasteiger partial charge >= 0.3 is 5.97 Å². The third-order valence-corrected chi connectivity index (χ3v) is 7.24. The molecule has 6 atom stereocenters. The Morgan fingerprint density at radius 1 is 1.22 bits per heavy atom. The summed E-state index contributed by atoms with van der Waals surface area (Å²) in [6.45, 7) is 6.89. The minimum absolute atomic E-state index is 0.0797. The first-order valence-corrected chi connectivity index (χ1v) is 11.8. The number of cyclic esters (lactones) is 1. The number of unbranched alkanes of at least 4 members (excludes halogenated alkanes) is 1. The highest BCUT2D eigenvalue weighted by atomic mass is 16.6. The van der Waals surface area contributed by atoms with Crippen LogP contribution in [-0.2, 0) is 23.9 Å². The van der Waals surface area contributed by atoms with Crippen LogP contribution in [0.5, 0.6) is 0 Å². The van der Waals surface area contributed by atoms with Crippen LogP contribution in [0.2, 0.25) is 0 Å². The molecule has 0 aliphatic carbocycles. The first-order chi connectivity index (χ1) is 15.4. The SMILES string of the molecule is CCCCN1CC=C[C@]23O[C@H]4C=CCCOC(=O)[C@H]4[C@H]2C(=O)N([C@@H](CO)C(C)C)C3C1=O. The molecule has 0 aromatic carbocycles. The minimum atomic E-state index is -1.26. The maximum atomic E-state index is 13.9. The van der Waals surface area contributed by atoms with Crippen LogP contribution in [0.1, 0.15) is 40.0 Å². The van der Waals surface area contributed by atoms with Crippen molar-refractivity contribution in [2.45, 2.75) is 63.8 Å². The molecule has 0 bridgehead atoms. The van der Waals surface area contributed by atoms with Crippen molar-refractivity contribution < 1.29 is 29.0 Å². The number of hydrogen-bond acceptors (Lipinski definition) is 6. The van der Waals surface area contributed by atoms with Gasteiger partial charge in [0.2, 0.25) is 11.8 Å². The van der Waals surface area contributed by atoms with Gasteiger partial charge in [-0.05, 0) is 18.8 Å². The first-order valence-electron chi connectivity index (χ1n) is 11.8. The fourth-order valence-corrected chi connectivity index (χ4v) is 5.62. The van der Waals surface area contributed by atoms with Crippen molar-refractivity contribution in [3.05, 3.63) is 24.3 Å². The van der Waals surface area contributed by atoms with Gasteiger partial charge in [0.1, 0.15) is 17.6 Å². The lowest BCUT2D eigenvalue weighted by atomic mass is 9.77. The van der Waals surface area contributed by atoms with E-state index in [1.54, 1.807) is 4.90 Å². The Morgan fingerprint density at radius 2 is 2.00 bits per heavy atom. The van der Waals surface area contributed by atoms with Crippen LogP contribution in [0.3, 0.4) is 0 Å². The number of fused-ring (bicyclic) bond motifs is 2. The quantitative estimate of drug-likeness (QED) is 0.488. The molecule has 4 aliphatic heterocycles. The van der Waals surface area contributed by atoms with Gasteiger partial charge in [-0.1, -0.05) is 51.5 Å². The van der Waals surface area contributed by atoms with Crippen LogP contribution in [0.25, 0.3) is 0 Å². The van der Waals surface area contributed by atoms with E-state index in [9.17, 15) is 19.5 Å². The summed E-state index contributed by atoms with van der Waals surface area (Å²) < 4.78 is 11.9. The lowest BCUT2D eigenvalue weighted by molar-refractivity contribution is -0.157. The summed E-state index contributed by atoms with van der Waals surface area (Å²) in [5, 5.41) is 10.2. The molecule has 8 heteroatoms. The molecule has 0 aromatic rings. The van der Waals surface area contributed by atoms with E-state index in [4.69, 9.17) is 9.47 Å². The number of rotatable bonds is 6. The van der Waals surface area contributed by atoms with Crippen molar-refractivity contribution in [1.29, 1.82) is 0 Å². The zero-order chi connectivity index (χ0) is 23.0. The molecule has 2 amide bonds. The molecular weight excluding hydrogens is 412 g/mol. The van der Waals surface area contributed by atoms with E-state index < -0.39 is 41.6 Å². The maximum Gasteiger partial charge on any atom is 0.312 e. The van der Waals surface area contributed by atoms with E-state index in [0.29, 0.717) is 19.5 Å². The molecule has 0 aromatic heterocycles. The predicted molar refractivity (Wildman–Crippen MR) is 116 cm³/mol. The highest BCUT2D eigenvalue weighted by Gasteiger charge is 2.72. The number of carbonyl (C=O) groups is 3. The number of likely N-dealkylation sites (tertiary alicyclic amines) is 1. The van der Waals surface area contributed by atoms with Crippen molar-refractivity contribution >= 4 is 17.8 Å². The molecule has 4 heterocycles. The molecule has 0 saturated carbocycles. The van der Waals surface area contributed by atoms with Gasteiger partial charge in [-0.25, -0.2) is 0 Å². The Bertz CT molecular complexity index is 823. The average molecular weight is 447 g/mol. The third kappa shape index (κ3) is 3.48. The van der Waals surface area contributed by atoms with Gasteiger partial charge < -0.3 is 24.4 Å². The first kappa shape index (κ1) is 23.0. The van der Waals surface area contributed by atoms with Crippen LogP contribution in [0.4, 0.5) is 0 Å². The molecule has 1 N–H and O–H groups in total. The second-order valence-electron chi connectivity index (χ2n) is 9.51. The Balaban J connectivity index is 1.84. The number of nitrogens with zero attached hydrogens (tertiary/aromatic N) is 2. The Labute approximate surface area is 189 Å². The Hall–Kier alpha value is -2.19. The fraction of sp³-hybridized carbons (Fsp3) is 0.708. The molecule has 2 saturated heterocycles. The Kier molecular flexibility index (Phi) is 6.45. The monoisotopic (exact) mass is 446 g/mol. The van der Waals surface area contributed by atoms with Crippen molar-refractivity contribution in [3.63, 3.8) is 0 Å². The van der Waals surface area contributed by atoms with Crippen molar-refractivity contribution in [3.8, 4) is 0 Å². The second kappa shape index (κ2) is 8.98. The van der Waals surface area contributed by atoms with Crippen molar-refractivity contribution in [1.82, 2.24) is 9.80 Å². The Morgan fingerprint density at radius 3 is 2.69 bits per heavy atom. The average Bonchev–Trinajstić information content (AvgIpc) is 3.12. The largest absolute Gasteiger partial charge is 0.465 e. The second-order valence-corrected chi connectivity index (χ2v) is 9.51. The highest BCUT2D eigenvalue weighted by Crippen LogP contribution is 2.54. The van der Waals surface area contributed by atoms with E-state index in [1.807, 2.05) is 38.2 Å². The summed E-state index contributed by atoms with van der Waals surface area (Å²) in [5.74, 6) is -2.75. The fourth-order valence-electron chi connectivity index (χ4n) is 5.62. The zero-order valence-electron chi connectivity index (χ0n) is 19.1. The molecule has 176 valence electrons. The van der Waals surface area contributed by atoms with Gasteiger partial charge in [0.05, 0.1) is 31.3 Å². The van der Waals surface area contributed by atoms with Gasteiger partial charge in [-0.15, -0.1) is 0 Å². The third-order valence-electron chi connectivity index (χ3n) is 7.24. The van der Waals surface area contributed by atoms with Gasteiger partial charge in [-0.3, -0.25) is 14.4 Å². The van der Waals surface area contributed by atoms with E-state index in [2.05, 4.69) is 6.92 Å². The van der Waals surface area contributed by atoms with Crippen LogP contribution in [-0.4, -0.2) is 82.8 Å². The lowest BCUT2D eigenvalue weighted by Crippen LogP contribution is -2.59. The number of ether oxygens (including phenoxy) is 2. The summed E-state index contributed by atoms with van der Waals surface area (Å²) in [6, 6.07) is -1.48. The van der Waals surface area contributed by atoms with E-state index in [1.165, 1.54) is 4.90 Å². The highest BCUT2D eigenvalue weighted by molar-refractivity contribution is 5.99. The number of aliphatic hydroxyl groups is 1. The summed E-state index contributed by atoms with van der Waals surface area (Å²) in [7, 11) is 0. The van der Waals surface area contributed by atoms with Crippen LogP contribution in [0, 0.1) is 17.8 Å². The van der Waals surface area contributed by atoms with Crippen molar-refractivity contribution in [2.75, 3.05) is 26.3 Å². The standard InChI is InChI=1S/C24H34N2O6/c1-4-5-11-25-12-8-10-24-19(18-17(32-24)9-6-7-13-31-23(18)30)21(28)26(20(24)22(25)29)16(14-27)15(2)3/h6,8-10,15-20,27H,4-5,7,11-14H2,1-3H3/t16-,17-,18+,19-,20?,24-/m0/s1. The molecular formula is C24H34N2O6. The van der Waals surface area contributed by atoms with Gasteiger partial charge in [-0.2, -0.15) is 0 Å². The van der Waals surface area contributed by atoms with Gasteiger partial charge in [0, 0.05) is 13.1 Å². The maximum absolute atomic E-state index is 13.9. The summed E-state index contributed by atoms with van der Waals surface area (Å²) in [5.41, 5.74) is -1.26. The molecule has 4 aliphatic rings. The molecule has 0 radical (unpaired) electrons. The summed E-state index contributed by atoms with van der Waals surface area (Å²) in [4.78, 5) is 44.1. The van der Waals surface area contributed by atoms with E-state index >= 15 is 0 Å². The van der Waals surface area contributed by atoms with Gasteiger partial charge in [0.15, 0.2) is 0 Å².